The number of esters is 1. The van der Waals surface area contributed by atoms with E-state index in [2.05, 4.69) is 10.7 Å². The predicted octanol–water partition coefficient (Wildman–Crippen LogP) is 5.50. The standard InChI is InChI=1S/C14H16N2O2S.C8H8S2.CH2N2/c1-14(2,3)18-13(17)10-11(15)16-12(19-10)9-7-5-4-6-8-9;1-10-8(9)7-5-3-2-4-6-7;2-1-3/h4-8H,15H2,1-3H3;2-6H,1H3;2H2. The number of carbonyl (C=O) groups excluding carboxylic acids is 1. The minimum Gasteiger partial charge on any atom is -0.456 e. The molecule has 32 heavy (non-hydrogen) atoms. The van der Waals surface area contributed by atoms with Gasteiger partial charge in [-0.05, 0) is 32.6 Å². The fourth-order valence-electron chi connectivity index (χ4n) is 2.20. The van der Waals surface area contributed by atoms with Gasteiger partial charge >= 0.3 is 5.97 Å². The summed E-state index contributed by atoms with van der Waals surface area (Å²) in [7, 11) is 0. The third-order valence-corrected chi connectivity index (χ3v) is 5.90. The van der Waals surface area contributed by atoms with Gasteiger partial charge in [-0.3, -0.25) is 0 Å². The van der Waals surface area contributed by atoms with E-state index < -0.39 is 11.6 Å². The molecule has 168 valence electrons. The summed E-state index contributed by atoms with van der Waals surface area (Å²) in [6.07, 6.45) is 3.25. The monoisotopic (exact) mass is 486 g/mol. The van der Waals surface area contributed by atoms with E-state index in [1.807, 2.05) is 87.7 Å². The number of ether oxygens (including phenoxy) is 1. The lowest BCUT2D eigenvalue weighted by molar-refractivity contribution is 0.00762. The highest BCUT2D eigenvalue weighted by Gasteiger charge is 2.23. The van der Waals surface area contributed by atoms with Gasteiger partial charge in [-0.15, -0.1) is 23.1 Å². The third-order valence-electron chi connectivity index (χ3n) is 3.45. The Bertz CT molecular complexity index is 1040. The van der Waals surface area contributed by atoms with Crippen LogP contribution in [0.15, 0.2) is 60.7 Å². The number of hydrogen-bond acceptors (Lipinski definition) is 9. The number of thioether (sulfide) groups is 1. The van der Waals surface area contributed by atoms with Crippen molar-refractivity contribution in [1.82, 2.24) is 4.98 Å². The molecule has 0 amide bonds. The number of nitrogen functional groups attached to an aromatic ring is 1. The summed E-state index contributed by atoms with van der Waals surface area (Å²) in [5, 5.41) is 7.82. The van der Waals surface area contributed by atoms with Crippen LogP contribution in [0.3, 0.4) is 0 Å². The van der Waals surface area contributed by atoms with Crippen LogP contribution in [-0.2, 0) is 4.74 Å². The molecule has 0 saturated carbocycles. The Kier molecular flexibility index (Phi) is 11.4. The van der Waals surface area contributed by atoms with E-state index in [1.54, 1.807) is 11.8 Å². The number of rotatable bonds is 3. The average Bonchev–Trinajstić information content (AvgIpc) is 3.16. The van der Waals surface area contributed by atoms with Gasteiger partial charge in [0.25, 0.3) is 0 Å². The first-order valence-corrected chi connectivity index (χ1v) is 11.9. The van der Waals surface area contributed by atoms with E-state index in [0.29, 0.717) is 4.88 Å². The van der Waals surface area contributed by atoms with Gasteiger partial charge in [-0.1, -0.05) is 72.9 Å². The number of carbonyl (C=O) groups is 1. The van der Waals surface area contributed by atoms with Crippen LogP contribution in [0.1, 0.15) is 36.0 Å². The quantitative estimate of drug-likeness (QED) is 0.216. The maximum Gasteiger partial charge on any atom is 0.352 e. The Morgan fingerprint density at radius 3 is 2.09 bits per heavy atom. The van der Waals surface area contributed by atoms with Crippen molar-refractivity contribution in [3.63, 3.8) is 0 Å². The molecule has 0 fully saturated rings. The number of hydrogen-bond donors (Lipinski definition) is 2. The highest BCUT2D eigenvalue weighted by atomic mass is 32.2. The first-order chi connectivity index (χ1) is 15.1. The first-order valence-electron chi connectivity index (χ1n) is 9.41. The van der Waals surface area contributed by atoms with E-state index in [1.165, 1.54) is 17.5 Å². The van der Waals surface area contributed by atoms with Crippen LogP contribution >= 0.6 is 35.3 Å². The second kappa shape index (κ2) is 13.5. The molecule has 0 aliphatic rings. The molecule has 0 atom stereocenters. The zero-order chi connectivity index (χ0) is 24.1. The van der Waals surface area contributed by atoms with Gasteiger partial charge in [0.05, 0.1) is 4.20 Å². The lowest BCUT2D eigenvalue weighted by atomic mass is 10.2. The molecule has 6 nitrogen and oxygen atoms in total. The van der Waals surface area contributed by atoms with Crippen molar-refractivity contribution in [2.45, 2.75) is 26.4 Å². The van der Waals surface area contributed by atoms with E-state index in [0.717, 1.165) is 20.3 Å². The Labute approximate surface area is 202 Å². The fourth-order valence-corrected chi connectivity index (χ4v) is 3.57. The maximum absolute atomic E-state index is 12.0. The van der Waals surface area contributed by atoms with Crippen LogP contribution in [0.2, 0.25) is 0 Å². The third kappa shape index (κ3) is 9.47. The second-order valence-corrected chi connectivity index (χ2v) is 9.57. The van der Waals surface area contributed by atoms with Crippen molar-refractivity contribution >= 4 is 51.3 Å². The summed E-state index contributed by atoms with van der Waals surface area (Å²) in [6, 6.07) is 19.7. The molecule has 0 bridgehead atoms. The van der Waals surface area contributed by atoms with Crippen molar-refractivity contribution in [2.24, 2.45) is 5.73 Å². The van der Waals surface area contributed by atoms with E-state index in [-0.39, 0.29) is 5.82 Å². The van der Waals surface area contributed by atoms with Crippen LogP contribution in [0.25, 0.3) is 10.6 Å². The number of nitriles is 1. The highest BCUT2D eigenvalue weighted by molar-refractivity contribution is 8.23. The number of benzene rings is 2. The van der Waals surface area contributed by atoms with Crippen molar-refractivity contribution in [2.75, 3.05) is 12.0 Å². The molecular weight excluding hydrogens is 460 g/mol. The summed E-state index contributed by atoms with van der Waals surface area (Å²) in [4.78, 5) is 16.6. The molecule has 0 aliphatic carbocycles. The summed E-state index contributed by atoms with van der Waals surface area (Å²) >= 11 is 7.94. The largest absolute Gasteiger partial charge is 0.456 e. The van der Waals surface area contributed by atoms with E-state index >= 15 is 0 Å². The van der Waals surface area contributed by atoms with Crippen molar-refractivity contribution in [1.29, 1.82) is 5.26 Å². The summed E-state index contributed by atoms with van der Waals surface area (Å²) < 4.78 is 6.26. The second-order valence-electron chi connectivity index (χ2n) is 7.09. The van der Waals surface area contributed by atoms with Crippen LogP contribution in [0.5, 0.6) is 0 Å². The zero-order valence-electron chi connectivity index (χ0n) is 18.4. The minimum absolute atomic E-state index is 0.220. The number of nitrogens with zero attached hydrogens (tertiary/aromatic N) is 2. The lowest BCUT2D eigenvalue weighted by Gasteiger charge is -2.18. The summed E-state index contributed by atoms with van der Waals surface area (Å²) in [5.74, 6) is -0.206. The molecule has 3 rings (SSSR count). The number of nitrogens with two attached hydrogens (primary N) is 2. The zero-order valence-corrected chi connectivity index (χ0v) is 20.8. The van der Waals surface area contributed by atoms with Gasteiger partial charge in [0.1, 0.15) is 16.4 Å². The van der Waals surface area contributed by atoms with Gasteiger partial charge in [-0.2, -0.15) is 5.26 Å². The minimum atomic E-state index is -0.541. The van der Waals surface area contributed by atoms with Crippen molar-refractivity contribution < 1.29 is 9.53 Å². The fraction of sp³-hybridized carbons (Fsp3) is 0.217. The number of thiazole rings is 1. The molecular formula is C23H26N4O2S3. The molecule has 1 heterocycles. The van der Waals surface area contributed by atoms with Gasteiger partial charge in [0, 0.05) is 5.56 Å². The van der Waals surface area contributed by atoms with Gasteiger partial charge in [-0.25, -0.2) is 9.78 Å². The predicted molar refractivity (Wildman–Crippen MR) is 139 cm³/mol. The first kappa shape index (κ1) is 27.1. The maximum atomic E-state index is 12.0. The van der Waals surface area contributed by atoms with E-state index in [9.17, 15) is 4.79 Å². The van der Waals surface area contributed by atoms with Crippen LogP contribution in [-0.4, -0.2) is 27.0 Å². The number of thiocarbonyl (C=S) groups is 1. The molecule has 0 radical (unpaired) electrons. The summed E-state index contributed by atoms with van der Waals surface area (Å²) in [5.41, 5.74) is 11.5. The van der Waals surface area contributed by atoms with Crippen molar-refractivity contribution in [3.8, 4) is 16.8 Å². The topological polar surface area (TPSA) is 115 Å². The van der Waals surface area contributed by atoms with Gasteiger partial charge in [0.2, 0.25) is 0 Å². The number of aromatic nitrogens is 1. The Hall–Kier alpha value is -2.93. The van der Waals surface area contributed by atoms with Crippen molar-refractivity contribution in [3.05, 3.63) is 71.1 Å². The molecule has 1 aromatic heterocycles. The molecule has 2 aromatic carbocycles. The molecule has 9 heteroatoms. The smallest absolute Gasteiger partial charge is 0.352 e. The summed E-state index contributed by atoms with van der Waals surface area (Å²) in [6.45, 7) is 5.46. The normalized spacial score (nSPS) is 9.84. The Balaban J connectivity index is 0.000000330. The molecule has 0 unspecified atom stereocenters. The van der Waals surface area contributed by atoms with E-state index in [4.69, 9.17) is 28.0 Å². The van der Waals surface area contributed by atoms with Crippen LogP contribution < -0.4 is 11.5 Å². The molecule has 0 spiro atoms. The number of anilines is 1. The molecule has 0 aliphatic heterocycles. The molecule has 4 N–H and O–H groups in total. The Morgan fingerprint density at radius 1 is 1.12 bits per heavy atom. The highest BCUT2D eigenvalue weighted by Crippen LogP contribution is 2.30. The van der Waals surface area contributed by atoms with Crippen LogP contribution in [0, 0.1) is 11.5 Å². The van der Waals surface area contributed by atoms with Gasteiger partial charge in [0.15, 0.2) is 11.1 Å². The molecule has 3 aromatic rings. The lowest BCUT2D eigenvalue weighted by Crippen LogP contribution is -2.23. The van der Waals surface area contributed by atoms with Crippen LogP contribution in [0.4, 0.5) is 5.82 Å². The average molecular weight is 487 g/mol. The van der Waals surface area contributed by atoms with Gasteiger partial charge < -0.3 is 16.2 Å². The Morgan fingerprint density at radius 2 is 1.62 bits per heavy atom. The SMILES string of the molecule is CC(C)(C)OC(=O)c1sc(-c2ccccc2)nc1N.CSC(=S)c1ccccc1.N#CN. The molecule has 0 saturated heterocycles.